The third-order valence-electron chi connectivity index (χ3n) is 7.29. The molecule has 11 nitrogen and oxygen atoms in total. The van der Waals surface area contributed by atoms with E-state index in [2.05, 4.69) is 15.2 Å². The van der Waals surface area contributed by atoms with E-state index in [-0.39, 0.29) is 24.0 Å². The Balaban J connectivity index is 1.40. The normalized spacial score (nSPS) is 13.1. The molecule has 0 aliphatic carbocycles. The van der Waals surface area contributed by atoms with Crippen molar-refractivity contribution in [2.24, 2.45) is 7.05 Å². The van der Waals surface area contributed by atoms with Crippen molar-refractivity contribution >= 4 is 34.2 Å². The van der Waals surface area contributed by atoms with E-state index in [9.17, 15) is 4.79 Å². The van der Waals surface area contributed by atoms with Gasteiger partial charge in [0.05, 0.1) is 44.8 Å². The van der Waals surface area contributed by atoms with E-state index in [1.54, 1.807) is 13.4 Å². The van der Waals surface area contributed by atoms with Gasteiger partial charge in [0.1, 0.15) is 18.1 Å². The molecule has 0 saturated carbocycles. The zero-order valence-corrected chi connectivity index (χ0v) is 24.2. The van der Waals surface area contributed by atoms with E-state index in [1.165, 1.54) is 7.11 Å². The maximum Gasteiger partial charge on any atom is 0.360 e. The molecule has 220 valence electrons. The number of morpholine rings is 1. The highest BCUT2D eigenvalue weighted by Crippen LogP contribution is 2.35. The molecule has 1 aliphatic heterocycles. The van der Waals surface area contributed by atoms with Gasteiger partial charge in [-0.25, -0.2) is 14.8 Å². The zero-order chi connectivity index (χ0) is 29.8. The topological polar surface area (TPSA) is 113 Å². The lowest BCUT2D eigenvalue weighted by atomic mass is 10.1. The van der Waals surface area contributed by atoms with Crippen LogP contribution < -0.4 is 19.7 Å². The average molecular weight is 581 g/mol. The predicted molar refractivity (Wildman–Crippen MR) is 163 cm³/mol. The molecule has 0 atom stereocenters. The molecule has 0 bridgehead atoms. The predicted octanol–water partition coefficient (Wildman–Crippen LogP) is 4.98. The summed E-state index contributed by atoms with van der Waals surface area (Å²) in [6.07, 6.45) is 1.73. The minimum Gasteiger partial charge on any atom is -0.497 e. The Morgan fingerprint density at radius 2 is 1.74 bits per heavy atom. The number of aromatic nitrogens is 4. The number of carbonyl (C=O) groups excluding carboxylic acids is 1. The van der Waals surface area contributed by atoms with Crippen LogP contribution in [0, 0.1) is 0 Å². The molecule has 5 aromatic rings. The summed E-state index contributed by atoms with van der Waals surface area (Å²) in [4.78, 5) is 29.5. The van der Waals surface area contributed by atoms with Gasteiger partial charge < -0.3 is 33.7 Å². The summed E-state index contributed by atoms with van der Waals surface area (Å²) in [6, 6.07) is 21.3. The number of para-hydroxylation sites is 1. The van der Waals surface area contributed by atoms with Crippen LogP contribution in [0.3, 0.4) is 0 Å². The number of ether oxygens (including phenoxy) is 4. The van der Waals surface area contributed by atoms with Gasteiger partial charge in [-0.15, -0.1) is 0 Å². The maximum atomic E-state index is 13.0. The average Bonchev–Trinajstić information content (AvgIpc) is 3.45. The molecule has 0 amide bonds. The number of esters is 1. The summed E-state index contributed by atoms with van der Waals surface area (Å²) in [7, 11) is 4.86. The smallest absolute Gasteiger partial charge is 0.360 e. The Labute approximate surface area is 249 Å². The molecule has 11 heteroatoms. The lowest BCUT2D eigenvalue weighted by Gasteiger charge is -2.29. The third kappa shape index (κ3) is 5.93. The number of fused-ring (bicyclic) bond motifs is 1. The Morgan fingerprint density at radius 3 is 2.47 bits per heavy atom. The SMILES string of the molecule is COC(=O)c1nc(-c2cccc3c2ncn3C)c(OCc2ccc(OC)cc2)nc1Nc1ccc(N2CCOCC2)cc1. The van der Waals surface area contributed by atoms with Gasteiger partial charge in [-0.05, 0) is 48.0 Å². The number of rotatable bonds is 9. The van der Waals surface area contributed by atoms with Gasteiger partial charge in [0, 0.05) is 37.1 Å². The molecule has 0 unspecified atom stereocenters. The number of anilines is 3. The van der Waals surface area contributed by atoms with Crippen LogP contribution in [0.15, 0.2) is 73.1 Å². The van der Waals surface area contributed by atoms with E-state index >= 15 is 0 Å². The van der Waals surface area contributed by atoms with Crippen LogP contribution >= 0.6 is 0 Å². The second-order valence-electron chi connectivity index (χ2n) is 10.0. The monoisotopic (exact) mass is 580 g/mol. The highest BCUT2D eigenvalue weighted by atomic mass is 16.5. The molecule has 1 N–H and O–H groups in total. The molecule has 3 heterocycles. The van der Waals surface area contributed by atoms with Crippen molar-refractivity contribution in [1.29, 1.82) is 0 Å². The van der Waals surface area contributed by atoms with Crippen LogP contribution in [0.5, 0.6) is 11.6 Å². The van der Waals surface area contributed by atoms with Crippen molar-refractivity contribution in [3.63, 3.8) is 0 Å². The number of nitrogens with zero attached hydrogens (tertiary/aromatic N) is 5. The fourth-order valence-corrected chi connectivity index (χ4v) is 4.96. The molecule has 2 aromatic heterocycles. The van der Waals surface area contributed by atoms with Gasteiger partial charge in [0.2, 0.25) is 5.88 Å². The lowest BCUT2D eigenvalue weighted by Crippen LogP contribution is -2.36. The van der Waals surface area contributed by atoms with Gasteiger partial charge in [0.25, 0.3) is 0 Å². The van der Waals surface area contributed by atoms with Crippen molar-refractivity contribution in [2.75, 3.05) is 50.7 Å². The number of hydrogen-bond acceptors (Lipinski definition) is 10. The molecule has 43 heavy (non-hydrogen) atoms. The maximum absolute atomic E-state index is 13.0. The highest BCUT2D eigenvalue weighted by Gasteiger charge is 2.24. The third-order valence-corrected chi connectivity index (χ3v) is 7.29. The summed E-state index contributed by atoms with van der Waals surface area (Å²) < 4.78 is 24.1. The molecule has 3 aromatic carbocycles. The molecular formula is C32H32N6O5. The van der Waals surface area contributed by atoms with Gasteiger partial charge in [0.15, 0.2) is 11.5 Å². The minimum atomic E-state index is -0.629. The van der Waals surface area contributed by atoms with E-state index in [0.717, 1.165) is 41.3 Å². The number of imidazole rings is 1. The number of hydrogen-bond donors (Lipinski definition) is 1. The Hall–Kier alpha value is -5.16. The van der Waals surface area contributed by atoms with Gasteiger partial charge in [-0.2, -0.15) is 4.98 Å². The van der Waals surface area contributed by atoms with Crippen molar-refractivity contribution in [3.8, 4) is 22.9 Å². The molecule has 0 radical (unpaired) electrons. The second kappa shape index (κ2) is 12.4. The fourth-order valence-electron chi connectivity index (χ4n) is 4.96. The first-order valence-electron chi connectivity index (χ1n) is 13.9. The van der Waals surface area contributed by atoms with E-state index < -0.39 is 5.97 Å². The molecule has 1 fully saturated rings. The Morgan fingerprint density at radius 1 is 0.977 bits per heavy atom. The van der Waals surface area contributed by atoms with Crippen LogP contribution in [0.25, 0.3) is 22.3 Å². The van der Waals surface area contributed by atoms with Crippen molar-refractivity contribution < 1.29 is 23.7 Å². The molecule has 0 spiro atoms. The molecular weight excluding hydrogens is 548 g/mol. The first-order valence-corrected chi connectivity index (χ1v) is 13.9. The Bertz CT molecular complexity index is 1730. The number of nitrogens with one attached hydrogen (secondary N) is 1. The van der Waals surface area contributed by atoms with E-state index in [0.29, 0.717) is 30.0 Å². The van der Waals surface area contributed by atoms with Crippen LogP contribution in [-0.2, 0) is 23.1 Å². The molecule has 6 rings (SSSR count). The minimum absolute atomic E-state index is 0.0273. The van der Waals surface area contributed by atoms with Gasteiger partial charge in [-0.1, -0.05) is 24.3 Å². The standard InChI is InChI=1S/C32H32N6O5/c1-37-20-33-27-25(5-4-6-26(27)37)28-31(43-19-21-7-13-24(40-2)14-8-21)36-30(29(35-28)32(39)41-3)34-22-9-11-23(12-10-22)38-15-17-42-18-16-38/h4-14,20H,15-19H2,1-3H3,(H,34,36). The number of benzene rings is 3. The first kappa shape index (κ1) is 28.0. The van der Waals surface area contributed by atoms with Crippen LogP contribution in [-0.4, -0.2) is 66.0 Å². The van der Waals surface area contributed by atoms with Crippen LogP contribution in [0.2, 0.25) is 0 Å². The van der Waals surface area contributed by atoms with Crippen LogP contribution in [0.4, 0.5) is 17.2 Å². The summed E-state index contributed by atoms with van der Waals surface area (Å²) in [5.41, 5.74) is 5.45. The van der Waals surface area contributed by atoms with E-state index in [1.807, 2.05) is 78.3 Å². The van der Waals surface area contributed by atoms with Crippen LogP contribution in [0.1, 0.15) is 16.1 Å². The number of methoxy groups -OCH3 is 2. The van der Waals surface area contributed by atoms with Crippen molar-refractivity contribution in [1.82, 2.24) is 19.5 Å². The van der Waals surface area contributed by atoms with E-state index in [4.69, 9.17) is 28.9 Å². The number of aryl methyl sites for hydroxylation is 1. The molecule has 1 saturated heterocycles. The summed E-state index contributed by atoms with van der Waals surface area (Å²) in [5, 5.41) is 3.26. The van der Waals surface area contributed by atoms with Crippen molar-refractivity contribution in [3.05, 3.63) is 84.3 Å². The summed E-state index contributed by atoms with van der Waals surface area (Å²) in [5.74, 6) is 0.581. The Kier molecular flexibility index (Phi) is 8.05. The van der Waals surface area contributed by atoms with Gasteiger partial charge in [-0.3, -0.25) is 0 Å². The second-order valence-corrected chi connectivity index (χ2v) is 10.0. The summed E-state index contributed by atoms with van der Waals surface area (Å²) >= 11 is 0. The lowest BCUT2D eigenvalue weighted by molar-refractivity contribution is 0.0595. The first-order chi connectivity index (χ1) is 21.0. The highest BCUT2D eigenvalue weighted by molar-refractivity contribution is 5.97. The summed E-state index contributed by atoms with van der Waals surface area (Å²) in [6.45, 7) is 3.30. The van der Waals surface area contributed by atoms with Gasteiger partial charge >= 0.3 is 5.97 Å². The van der Waals surface area contributed by atoms with Crippen molar-refractivity contribution in [2.45, 2.75) is 6.61 Å². The number of carbonyl (C=O) groups is 1. The quantitative estimate of drug-likeness (QED) is 0.239. The molecule has 1 aliphatic rings. The largest absolute Gasteiger partial charge is 0.497 e. The fraction of sp³-hybridized carbons (Fsp3) is 0.250. The zero-order valence-electron chi connectivity index (χ0n) is 24.2.